The molecule has 2 aliphatic heterocycles. The van der Waals surface area contributed by atoms with Crippen LogP contribution in [0.25, 0.3) is 0 Å². The highest BCUT2D eigenvalue weighted by Gasteiger charge is 2.58. The zero-order valence-corrected chi connectivity index (χ0v) is 19.1. The van der Waals surface area contributed by atoms with Gasteiger partial charge in [-0.05, 0) is 74.0 Å². The fourth-order valence-electron chi connectivity index (χ4n) is 7.18. The summed E-state index contributed by atoms with van der Waals surface area (Å²) < 4.78 is 0.974. The lowest BCUT2D eigenvalue weighted by Gasteiger charge is -2.57. The van der Waals surface area contributed by atoms with E-state index >= 15 is 0 Å². The van der Waals surface area contributed by atoms with E-state index in [1.807, 2.05) is 24.3 Å². The molecule has 30 heavy (non-hydrogen) atoms. The van der Waals surface area contributed by atoms with Crippen molar-refractivity contribution in [1.29, 1.82) is 0 Å². The molecule has 0 spiro atoms. The van der Waals surface area contributed by atoms with E-state index in [9.17, 15) is 14.4 Å². The minimum atomic E-state index is -1.16. The number of benzene rings is 1. The van der Waals surface area contributed by atoms with Crippen LogP contribution in [0.5, 0.6) is 0 Å². The van der Waals surface area contributed by atoms with Crippen LogP contribution >= 0.6 is 27.7 Å². The Hall–Kier alpha value is -1.34. The van der Waals surface area contributed by atoms with E-state index < -0.39 is 12.0 Å². The number of rotatable bonds is 3. The number of nitrogens with one attached hydrogen (secondary N) is 1. The second-order valence-electron chi connectivity index (χ2n) is 10.0. The van der Waals surface area contributed by atoms with E-state index in [0.29, 0.717) is 23.5 Å². The highest BCUT2D eigenvalue weighted by Crippen LogP contribution is 2.56. The number of Topliss-reactive ketones (excluding diaryl/α,β-unsaturated/α-hetero) is 1. The number of thioether (sulfide) groups is 1. The number of hydrogen-bond donors (Lipinski definition) is 1. The average molecular weight is 489 g/mol. The third-order valence-electron chi connectivity index (χ3n) is 7.96. The van der Waals surface area contributed by atoms with Gasteiger partial charge in [-0.15, -0.1) is 11.8 Å². The quantitative estimate of drug-likeness (QED) is 0.659. The van der Waals surface area contributed by atoms with Crippen molar-refractivity contribution in [3.05, 3.63) is 34.3 Å². The summed E-state index contributed by atoms with van der Waals surface area (Å²) >= 11 is 5.05. The van der Waals surface area contributed by atoms with Gasteiger partial charge in [-0.3, -0.25) is 14.4 Å². The van der Waals surface area contributed by atoms with Crippen LogP contribution in [0.4, 0.5) is 0 Å². The normalized spacial score (nSPS) is 41.4. The lowest BCUT2D eigenvalue weighted by molar-refractivity contribution is -0.142. The zero-order chi connectivity index (χ0) is 20.6. The lowest BCUT2D eigenvalue weighted by Crippen LogP contribution is -2.61. The van der Waals surface area contributed by atoms with Gasteiger partial charge >= 0.3 is 0 Å². The Morgan fingerprint density at radius 1 is 1.03 bits per heavy atom. The van der Waals surface area contributed by atoms with E-state index in [4.69, 9.17) is 0 Å². The van der Waals surface area contributed by atoms with Gasteiger partial charge in [0.05, 0.1) is 0 Å². The molecule has 1 N–H and O–H groups in total. The molecule has 0 radical (unpaired) electrons. The number of nitrogens with zero attached hydrogens (tertiary/aromatic N) is 1. The molecule has 2 amide bonds. The predicted molar refractivity (Wildman–Crippen MR) is 118 cm³/mol. The number of carbonyl (C=O) groups excluding carboxylic acids is 3. The number of hydrogen-bond acceptors (Lipinski definition) is 4. The van der Waals surface area contributed by atoms with Crippen LogP contribution in [0.15, 0.2) is 28.7 Å². The smallest absolute Gasteiger partial charge is 0.244 e. The van der Waals surface area contributed by atoms with Gasteiger partial charge in [-0.2, -0.15) is 0 Å². The van der Waals surface area contributed by atoms with Crippen LogP contribution in [-0.2, 0) is 14.4 Å². The van der Waals surface area contributed by atoms with Crippen LogP contribution in [0.2, 0.25) is 0 Å². The van der Waals surface area contributed by atoms with Gasteiger partial charge in [0, 0.05) is 15.8 Å². The zero-order valence-electron chi connectivity index (χ0n) is 16.7. The molecule has 7 rings (SSSR count). The van der Waals surface area contributed by atoms with Crippen LogP contribution in [0.3, 0.4) is 0 Å². The second-order valence-corrected chi connectivity index (χ2v) is 12.0. The fourth-order valence-corrected chi connectivity index (χ4v) is 8.90. The van der Waals surface area contributed by atoms with Gasteiger partial charge in [0.15, 0.2) is 11.7 Å². The van der Waals surface area contributed by atoms with E-state index in [1.54, 1.807) is 16.7 Å². The average Bonchev–Trinajstić information content (AvgIpc) is 3.21. The maximum atomic E-state index is 13.3. The molecule has 2 saturated heterocycles. The molecular formula is C23H25BrN2O3S. The predicted octanol–water partition coefficient (Wildman–Crippen LogP) is 3.68. The first kappa shape index (κ1) is 19.4. The fraction of sp³-hybridized carbons (Fsp3) is 0.609. The molecule has 1 aromatic carbocycles. The first-order chi connectivity index (χ1) is 14.4. The number of carbonyl (C=O) groups is 3. The minimum absolute atomic E-state index is 0.181. The highest BCUT2D eigenvalue weighted by atomic mass is 79.9. The van der Waals surface area contributed by atoms with Gasteiger partial charge in [0.1, 0.15) is 11.4 Å². The van der Waals surface area contributed by atoms with Crippen molar-refractivity contribution in [3.63, 3.8) is 0 Å². The standard InChI is InChI=1S/C23H25BrN2O3S/c24-16-3-1-15(2-4-16)22-26-17(11-30-22)19(27)18(21(26)29)20(28)25-23-8-12-5-13(9-23)7-14(6-12)10-23/h1-4,12-14,17-18,22H,5-11H2,(H,25,28). The summed E-state index contributed by atoms with van der Waals surface area (Å²) in [6.07, 6.45) is 6.92. The molecule has 3 unspecified atom stereocenters. The monoisotopic (exact) mass is 488 g/mol. The molecule has 4 saturated carbocycles. The molecule has 5 nitrogen and oxygen atoms in total. The number of amides is 2. The van der Waals surface area contributed by atoms with Gasteiger partial charge in [-0.25, -0.2) is 0 Å². The maximum absolute atomic E-state index is 13.3. The maximum Gasteiger partial charge on any atom is 0.244 e. The summed E-state index contributed by atoms with van der Waals surface area (Å²) in [5, 5.41) is 3.06. The molecule has 0 aromatic heterocycles. The van der Waals surface area contributed by atoms with Crippen molar-refractivity contribution in [2.45, 2.75) is 55.5 Å². The van der Waals surface area contributed by atoms with E-state index in [2.05, 4.69) is 21.2 Å². The first-order valence-electron chi connectivity index (χ1n) is 11.0. The van der Waals surface area contributed by atoms with E-state index in [0.717, 1.165) is 29.3 Å². The largest absolute Gasteiger partial charge is 0.350 e. The number of fused-ring (bicyclic) bond motifs is 1. The van der Waals surface area contributed by atoms with E-state index in [-0.39, 0.29) is 28.5 Å². The highest BCUT2D eigenvalue weighted by molar-refractivity contribution is 9.10. The molecule has 1 aromatic rings. The molecule has 6 fully saturated rings. The Morgan fingerprint density at radius 2 is 1.63 bits per heavy atom. The summed E-state index contributed by atoms with van der Waals surface area (Å²) in [4.78, 5) is 41.4. The molecule has 7 heteroatoms. The molecule has 4 bridgehead atoms. The van der Waals surface area contributed by atoms with Gasteiger partial charge in [0.25, 0.3) is 0 Å². The van der Waals surface area contributed by atoms with Crippen molar-refractivity contribution in [1.82, 2.24) is 10.2 Å². The van der Waals surface area contributed by atoms with E-state index in [1.165, 1.54) is 19.3 Å². The molecule has 4 aliphatic carbocycles. The summed E-state index contributed by atoms with van der Waals surface area (Å²) in [7, 11) is 0. The van der Waals surface area contributed by atoms with Gasteiger partial charge in [-0.1, -0.05) is 28.1 Å². The van der Waals surface area contributed by atoms with Crippen LogP contribution in [0.1, 0.15) is 49.5 Å². The molecule has 158 valence electrons. The van der Waals surface area contributed by atoms with Gasteiger partial charge in [0.2, 0.25) is 11.8 Å². The van der Waals surface area contributed by atoms with Crippen LogP contribution in [0, 0.1) is 23.7 Å². The molecule has 3 atom stereocenters. The molecule has 2 heterocycles. The third kappa shape index (κ3) is 2.91. The topological polar surface area (TPSA) is 66.5 Å². The van der Waals surface area contributed by atoms with Gasteiger partial charge < -0.3 is 10.2 Å². The lowest BCUT2D eigenvalue weighted by atomic mass is 9.53. The number of ketones is 1. The van der Waals surface area contributed by atoms with Crippen molar-refractivity contribution < 1.29 is 14.4 Å². The summed E-state index contributed by atoms with van der Waals surface area (Å²) in [6, 6.07) is 7.37. The Labute approximate surface area is 188 Å². The molecule has 6 aliphatic rings. The number of halogens is 1. The summed E-state index contributed by atoms with van der Waals surface area (Å²) in [6.45, 7) is 0. The van der Waals surface area contributed by atoms with Crippen LogP contribution < -0.4 is 5.32 Å². The van der Waals surface area contributed by atoms with Crippen molar-refractivity contribution in [2.75, 3.05) is 5.75 Å². The Morgan fingerprint density at radius 3 is 2.23 bits per heavy atom. The Balaban J connectivity index is 1.23. The van der Waals surface area contributed by atoms with Crippen molar-refractivity contribution >= 4 is 45.3 Å². The third-order valence-corrected chi connectivity index (χ3v) is 9.81. The molecular weight excluding hydrogens is 464 g/mol. The SMILES string of the molecule is O=C(NC12CC3CC(CC(C3)C1)C2)C1C(=O)C2CSC(c3ccc(Br)cc3)N2C1=O. The first-order valence-corrected chi connectivity index (χ1v) is 12.8. The van der Waals surface area contributed by atoms with Crippen molar-refractivity contribution in [2.24, 2.45) is 23.7 Å². The van der Waals surface area contributed by atoms with Crippen LogP contribution in [-0.4, -0.2) is 39.8 Å². The Kier molecular flexibility index (Phi) is 4.40. The van der Waals surface area contributed by atoms with Crippen molar-refractivity contribution in [3.8, 4) is 0 Å². The summed E-state index contributed by atoms with van der Waals surface area (Å²) in [5.41, 5.74) is 0.813. The minimum Gasteiger partial charge on any atom is -0.350 e. The summed E-state index contributed by atoms with van der Waals surface area (Å²) in [5.74, 6) is 0.627. The Bertz CT molecular complexity index is 898. The second kappa shape index (κ2) is 6.83.